The van der Waals surface area contributed by atoms with Crippen LogP contribution in [0.5, 0.6) is 0 Å². The molecule has 0 radical (unpaired) electrons. The van der Waals surface area contributed by atoms with Crippen molar-refractivity contribution in [1.82, 2.24) is 0 Å². The Morgan fingerprint density at radius 1 is 0.625 bits per heavy atom. The summed E-state index contributed by atoms with van der Waals surface area (Å²) in [6.45, 7) is 0. The maximum atomic E-state index is 1.67. The largest absolute Gasteiger partial charge is 0.0527 e. The quantitative estimate of drug-likeness (QED) is 0.498. The fraction of sp³-hybridized carbons (Fsp3) is 1.00. The summed E-state index contributed by atoms with van der Waals surface area (Å²) in [5.41, 5.74) is 3.50. The van der Waals surface area contributed by atoms with Crippen molar-refractivity contribution in [3.05, 3.63) is 0 Å². The molecule has 0 amide bonds. The van der Waals surface area contributed by atoms with Crippen molar-refractivity contribution in [3.8, 4) is 0 Å². The summed E-state index contributed by atoms with van der Waals surface area (Å²) in [7, 11) is 0. The summed E-state index contributed by atoms with van der Waals surface area (Å²) in [6, 6.07) is 0. The molecule has 3 spiro atoms. The van der Waals surface area contributed by atoms with E-state index >= 15 is 0 Å². The van der Waals surface area contributed by atoms with Crippen molar-refractivity contribution in [2.45, 2.75) is 116 Å². The van der Waals surface area contributed by atoms with E-state index < -0.39 is 0 Å². The predicted molar refractivity (Wildman–Crippen MR) is 99.8 cm³/mol. The van der Waals surface area contributed by atoms with Crippen LogP contribution >= 0.6 is 0 Å². The monoisotopic (exact) mass is 326 g/mol. The standard InChI is InChI=1S/C24H38/c1-2-9-21(8-1)15-19(21)7-14-24(18-23(24)12-5-6-13-23)17-20-16-22(20)10-3-4-11-22/h19-20H,1-18H2. The molecule has 0 saturated heterocycles. The highest BCUT2D eigenvalue weighted by Crippen LogP contribution is 2.80. The molecule has 3 atom stereocenters. The third-order valence-corrected chi connectivity index (χ3v) is 10.8. The Kier molecular flexibility index (Phi) is 3.04. The lowest BCUT2D eigenvalue weighted by Gasteiger charge is -2.25. The highest BCUT2D eigenvalue weighted by atomic mass is 14.7. The van der Waals surface area contributed by atoms with Gasteiger partial charge in [0.1, 0.15) is 0 Å². The zero-order valence-electron chi connectivity index (χ0n) is 15.9. The molecule has 6 aliphatic carbocycles. The van der Waals surface area contributed by atoms with E-state index in [-0.39, 0.29) is 0 Å². The van der Waals surface area contributed by atoms with E-state index in [1.54, 1.807) is 116 Å². The van der Waals surface area contributed by atoms with E-state index in [4.69, 9.17) is 0 Å². The lowest BCUT2D eigenvalue weighted by atomic mass is 9.80. The van der Waals surface area contributed by atoms with Crippen molar-refractivity contribution in [3.63, 3.8) is 0 Å². The number of hydrogen-bond donors (Lipinski definition) is 0. The van der Waals surface area contributed by atoms with Crippen molar-refractivity contribution in [2.75, 3.05) is 0 Å². The van der Waals surface area contributed by atoms with Gasteiger partial charge in [-0.15, -0.1) is 0 Å². The third-order valence-electron chi connectivity index (χ3n) is 10.8. The van der Waals surface area contributed by atoms with Gasteiger partial charge in [0, 0.05) is 0 Å². The van der Waals surface area contributed by atoms with Crippen molar-refractivity contribution in [1.29, 1.82) is 0 Å². The number of hydrogen-bond acceptors (Lipinski definition) is 0. The fourth-order valence-electron chi connectivity index (χ4n) is 8.97. The Morgan fingerprint density at radius 3 is 1.83 bits per heavy atom. The van der Waals surface area contributed by atoms with Gasteiger partial charge in [-0.1, -0.05) is 38.5 Å². The van der Waals surface area contributed by atoms with Crippen LogP contribution in [0.15, 0.2) is 0 Å². The van der Waals surface area contributed by atoms with E-state index in [0.29, 0.717) is 0 Å². The highest BCUT2D eigenvalue weighted by Gasteiger charge is 2.70. The Hall–Kier alpha value is 0. The SMILES string of the molecule is C1CCC2(C1)CC2CCC1(CC2CC23CCCC3)CC12CCCC2. The maximum Gasteiger partial charge on any atom is -0.0232 e. The molecule has 6 aliphatic rings. The van der Waals surface area contributed by atoms with E-state index in [1.165, 1.54) is 5.92 Å². The molecule has 134 valence electrons. The van der Waals surface area contributed by atoms with Crippen LogP contribution in [0.1, 0.15) is 116 Å². The van der Waals surface area contributed by atoms with Crippen molar-refractivity contribution >= 4 is 0 Å². The van der Waals surface area contributed by atoms with Gasteiger partial charge in [-0.05, 0) is 111 Å². The summed E-state index contributed by atoms with van der Waals surface area (Å²) in [6.07, 6.45) is 28.8. The molecular formula is C24H38. The van der Waals surface area contributed by atoms with Crippen LogP contribution in [0.25, 0.3) is 0 Å². The molecular weight excluding hydrogens is 288 g/mol. The predicted octanol–water partition coefficient (Wildman–Crippen LogP) is 7.27. The van der Waals surface area contributed by atoms with E-state index in [1.807, 2.05) is 0 Å². The van der Waals surface area contributed by atoms with Crippen molar-refractivity contribution in [2.24, 2.45) is 33.5 Å². The lowest BCUT2D eigenvalue weighted by Crippen LogP contribution is -2.15. The molecule has 6 rings (SSSR count). The summed E-state index contributed by atoms with van der Waals surface area (Å²) in [5.74, 6) is 2.33. The van der Waals surface area contributed by atoms with Crippen LogP contribution in [0.4, 0.5) is 0 Å². The molecule has 3 unspecified atom stereocenters. The average molecular weight is 327 g/mol. The van der Waals surface area contributed by atoms with Gasteiger partial charge >= 0.3 is 0 Å². The first-order chi connectivity index (χ1) is 11.7. The van der Waals surface area contributed by atoms with Crippen LogP contribution in [0, 0.1) is 33.5 Å². The second kappa shape index (κ2) is 4.83. The Labute approximate surface area is 149 Å². The second-order valence-electron chi connectivity index (χ2n) is 11.6. The Bertz CT molecular complexity index is 512. The number of rotatable bonds is 5. The molecule has 0 aliphatic heterocycles. The Morgan fingerprint density at radius 2 is 1.17 bits per heavy atom. The molecule has 0 aromatic carbocycles. The third kappa shape index (κ3) is 2.04. The molecule has 24 heavy (non-hydrogen) atoms. The minimum atomic E-state index is 0.850. The van der Waals surface area contributed by atoms with Crippen LogP contribution in [-0.2, 0) is 0 Å². The van der Waals surface area contributed by atoms with Gasteiger partial charge in [-0.2, -0.15) is 0 Å². The van der Waals surface area contributed by atoms with Crippen LogP contribution < -0.4 is 0 Å². The second-order valence-corrected chi connectivity index (χ2v) is 11.6. The summed E-state index contributed by atoms with van der Waals surface area (Å²) < 4.78 is 0. The van der Waals surface area contributed by atoms with Gasteiger partial charge in [-0.25, -0.2) is 0 Å². The van der Waals surface area contributed by atoms with Gasteiger partial charge in [0.05, 0.1) is 0 Å². The molecule has 0 bridgehead atoms. The molecule has 0 aromatic rings. The molecule has 0 heteroatoms. The smallest absolute Gasteiger partial charge is 0.0232 e. The molecule has 0 aromatic heterocycles. The molecule has 6 saturated carbocycles. The summed E-state index contributed by atoms with van der Waals surface area (Å²) >= 11 is 0. The molecule has 0 heterocycles. The first-order valence-electron chi connectivity index (χ1n) is 11.7. The van der Waals surface area contributed by atoms with Crippen LogP contribution in [-0.4, -0.2) is 0 Å². The first kappa shape index (κ1) is 15.1. The minimum Gasteiger partial charge on any atom is -0.0527 e. The van der Waals surface area contributed by atoms with E-state index in [9.17, 15) is 0 Å². The molecule has 0 N–H and O–H groups in total. The van der Waals surface area contributed by atoms with Gasteiger partial charge in [-0.3, -0.25) is 0 Å². The first-order valence-corrected chi connectivity index (χ1v) is 11.7. The molecule has 0 nitrogen and oxygen atoms in total. The Balaban J connectivity index is 1.14. The van der Waals surface area contributed by atoms with Crippen LogP contribution in [0.3, 0.4) is 0 Å². The maximum absolute atomic E-state index is 1.67. The van der Waals surface area contributed by atoms with Gasteiger partial charge < -0.3 is 0 Å². The topological polar surface area (TPSA) is 0 Å². The van der Waals surface area contributed by atoms with E-state index in [0.717, 1.165) is 27.6 Å². The average Bonchev–Trinajstić information content (AvgIpc) is 3.28. The zero-order chi connectivity index (χ0) is 15.9. The summed E-state index contributed by atoms with van der Waals surface area (Å²) in [4.78, 5) is 0. The zero-order valence-corrected chi connectivity index (χ0v) is 15.9. The summed E-state index contributed by atoms with van der Waals surface area (Å²) in [5, 5.41) is 0. The molecule has 6 fully saturated rings. The van der Waals surface area contributed by atoms with Gasteiger partial charge in [0.2, 0.25) is 0 Å². The van der Waals surface area contributed by atoms with E-state index in [2.05, 4.69) is 0 Å². The lowest BCUT2D eigenvalue weighted by molar-refractivity contribution is 0.251. The van der Waals surface area contributed by atoms with Crippen molar-refractivity contribution < 1.29 is 0 Å². The minimum absolute atomic E-state index is 0.850. The highest BCUT2D eigenvalue weighted by molar-refractivity contribution is 5.20. The van der Waals surface area contributed by atoms with Gasteiger partial charge in [0.15, 0.2) is 0 Å². The van der Waals surface area contributed by atoms with Gasteiger partial charge in [0.25, 0.3) is 0 Å². The van der Waals surface area contributed by atoms with Crippen LogP contribution in [0.2, 0.25) is 0 Å². The normalized spacial score (nSPS) is 45.5. The fourth-order valence-corrected chi connectivity index (χ4v) is 8.97.